The Morgan fingerprint density at radius 1 is 1.10 bits per heavy atom. The van der Waals surface area contributed by atoms with Gasteiger partial charge >= 0.3 is 5.97 Å². The van der Waals surface area contributed by atoms with Gasteiger partial charge in [0.15, 0.2) is 22.2 Å². The van der Waals surface area contributed by atoms with E-state index in [1.807, 2.05) is 19.9 Å². The summed E-state index contributed by atoms with van der Waals surface area (Å²) in [5.74, 6) is 2.66. The van der Waals surface area contributed by atoms with Crippen LogP contribution < -0.4 is 0 Å². The molecule has 5 nitrogen and oxygen atoms in total. The monoisotopic (exact) mass is 634 g/mol. The highest BCUT2D eigenvalue weighted by molar-refractivity contribution is 6.83. The molecule has 1 aliphatic carbocycles. The van der Waals surface area contributed by atoms with Crippen molar-refractivity contribution < 1.29 is 23.5 Å². The van der Waals surface area contributed by atoms with Gasteiger partial charge in [-0.2, -0.15) is 0 Å². The van der Waals surface area contributed by atoms with Gasteiger partial charge in [0.25, 0.3) is 0 Å². The SMILES string of the molecule is C=C=CC(O[Si](C)(C)C(C)(C)C)C1CCC2C(C)(C)OC(=O)C2(O[Si](CC)(CC)CC)CC1(O)CCC#C[Si](C)(C)C. The molecule has 0 aromatic rings. The number of cyclic esters (lactones) is 1. The third kappa shape index (κ3) is 8.02. The molecule has 1 saturated heterocycles. The Morgan fingerprint density at radius 2 is 1.67 bits per heavy atom. The first-order chi connectivity index (χ1) is 19.1. The van der Waals surface area contributed by atoms with E-state index in [1.54, 1.807) is 0 Å². The molecule has 2 aliphatic rings. The molecule has 0 radical (unpaired) electrons. The first-order valence-corrected chi connectivity index (χ1v) is 25.2. The average molecular weight is 635 g/mol. The van der Waals surface area contributed by atoms with E-state index in [-0.39, 0.29) is 35.4 Å². The van der Waals surface area contributed by atoms with Crippen molar-refractivity contribution in [2.75, 3.05) is 0 Å². The molecule has 1 aliphatic heterocycles. The summed E-state index contributed by atoms with van der Waals surface area (Å²) in [5, 5.41) is 13.0. The van der Waals surface area contributed by atoms with E-state index in [0.29, 0.717) is 25.7 Å². The number of hydrogen-bond acceptors (Lipinski definition) is 5. The lowest BCUT2D eigenvalue weighted by Crippen LogP contribution is -2.58. The minimum Gasteiger partial charge on any atom is -0.457 e. The number of carbonyl (C=O) groups is 1. The quantitative estimate of drug-likeness (QED) is 0.107. The van der Waals surface area contributed by atoms with Crippen molar-refractivity contribution >= 4 is 30.7 Å². The van der Waals surface area contributed by atoms with Crippen LogP contribution in [0.15, 0.2) is 18.4 Å². The fraction of sp³-hybridized carbons (Fsp3) is 0.824. The van der Waals surface area contributed by atoms with Gasteiger partial charge in [-0.25, -0.2) is 4.79 Å². The number of rotatable bonds is 11. The molecule has 1 saturated carbocycles. The topological polar surface area (TPSA) is 65.0 Å². The lowest BCUT2D eigenvalue weighted by Gasteiger charge is -2.47. The fourth-order valence-electron chi connectivity index (χ4n) is 6.79. The van der Waals surface area contributed by atoms with Crippen molar-refractivity contribution in [2.45, 2.75) is 166 Å². The van der Waals surface area contributed by atoms with Gasteiger partial charge in [0.05, 0.1) is 11.7 Å². The van der Waals surface area contributed by atoms with Gasteiger partial charge < -0.3 is 18.7 Å². The number of fused-ring (bicyclic) bond motifs is 1. The van der Waals surface area contributed by atoms with Crippen LogP contribution in [0.5, 0.6) is 0 Å². The Labute approximate surface area is 261 Å². The van der Waals surface area contributed by atoms with Crippen LogP contribution in [0.3, 0.4) is 0 Å². The van der Waals surface area contributed by atoms with Crippen LogP contribution in [0.25, 0.3) is 0 Å². The summed E-state index contributed by atoms with van der Waals surface area (Å²) in [6, 6.07) is 2.76. The van der Waals surface area contributed by atoms with E-state index in [4.69, 9.17) is 13.6 Å². The van der Waals surface area contributed by atoms with Crippen molar-refractivity contribution in [3.8, 4) is 11.5 Å². The van der Waals surface area contributed by atoms with Crippen LogP contribution in [-0.2, 0) is 18.4 Å². The van der Waals surface area contributed by atoms with Gasteiger partial charge in [0.2, 0.25) is 0 Å². The molecule has 1 heterocycles. The summed E-state index contributed by atoms with van der Waals surface area (Å²) < 4.78 is 20.4. The molecule has 0 bridgehead atoms. The molecule has 0 aromatic carbocycles. The fourth-order valence-corrected chi connectivity index (χ4v) is 11.7. The Balaban J connectivity index is 2.77. The van der Waals surface area contributed by atoms with Crippen LogP contribution >= 0.6 is 0 Å². The number of hydrogen-bond donors (Lipinski definition) is 1. The first kappa shape index (κ1) is 37.3. The molecule has 5 atom stereocenters. The summed E-state index contributed by atoms with van der Waals surface area (Å²) >= 11 is 0. The zero-order valence-electron chi connectivity index (χ0n) is 29.3. The first-order valence-electron chi connectivity index (χ1n) is 16.3. The lowest BCUT2D eigenvalue weighted by molar-refractivity contribution is -0.164. The Hall–Kier alpha value is -0.919. The molecule has 2 rings (SSSR count). The lowest BCUT2D eigenvalue weighted by atomic mass is 9.72. The molecular formula is C34H62O5Si3. The van der Waals surface area contributed by atoms with Gasteiger partial charge in [-0.1, -0.05) is 67.8 Å². The second kappa shape index (κ2) is 13.2. The van der Waals surface area contributed by atoms with Gasteiger partial charge in [0, 0.05) is 24.7 Å². The molecule has 5 unspecified atom stereocenters. The van der Waals surface area contributed by atoms with Crippen molar-refractivity contribution in [2.24, 2.45) is 11.8 Å². The summed E-state index contributed by atoms with van der Waals surface area (Å²) in [6.07, 6.45) is 4.12. The third-order valence-electron chi connectivity index (χ3n) is 10.5. The second-order valence-electron chi connectivity index (χ2n) is 16.0. The summed E-state index contributed by atoms with van der Waals surface area (Å²) in [4.78, 5) is 14.1. The summed E-state index contributed by atoms with van der Waals surface area (Å²) in [6.45, 7) is 32.4. The molecular weight excluding hydrogens is 573 g/mol. The number of esters is 1. The Morgan fingerprint density at radius 3 is 2.14 bits per heavy atom. The maximum Gasteiger partial charge on any atom is 0.338 e. The van der Waals surface area contributed by atoms with E-state index in [0.717, 1.165) is 18.1 Å². The molecule has 8 heteroatoms. The van der Waals surface area contributed by atoms with E-state index >= 15 is 0 Å². The van der Waals surface area contributed by atoms with E-state index in [9.17, 15) is 9.90 Å². The minimum absolute atomic E-state index is 0.00681. The van der Waals surface area contributed by atoms with Gasteiger partial charge in [0.1, 0.15) is 13.7 Å². The zero-order chi connectivity index (χ0) is 32.4. The average Bonchev–Trinajstić information content (AvgIpc) is 2.95. The van der Waals surface area contributed by atoms with E-state index < -0.39 is 41.5 Å². The number of carbonyl (C=O) groups excluding carboxylic acids is 1. The predicted molar refractivity (Wildman–Crippen MR) is 183 cm³/mol. The highest BCUT2D eigenvalue weighted by Gasteiger charge is 2.68. The van der Waals surface area contributed by atoms with Crippen molar-refractivity contribution in [3.05, 3.63) is 18.4 Å². The smallest absolute Gasteiger partial charge is 0.338 e. The van der Waals surface area contributed by atoms with Crippen molar-refractivity contribution in [1.29, 1.82) is 0 Å². The van der Waals surface area contributed by atoms with Crippen LogP contribution in [0.4, 0.5) is 0 Å². The van der Waals surface area contributed by atoms with E-state index in [2.05, 4.69) is 98.1 Å². The second-order valence-corrected chi connectivity index (χ2v) is 30.2. The van der Waals surface area contributed by atoms with Gasteiger partial charge in [-0.3, -0.25) is 0 Å². The van der Waals surface area contributed by atoms with Crippen LogP contribution in [0.2, 0.25) is 55.9 Å². The summed E-state index contributed by atoms with van der Waals surface area (Å²) in [7, 11) is -6.07. The van der Waals surface area contributed by atoms with Crippen LogP contribution in [0.1, 0.15) is 87.5 Å². The number of ether oxygens (including phenoxy) is 1. The molecule has 42 heavy (non-hydrogen) atoms. The van der Waals surface area contributed by atoms with Gasteiger partial charge in [-0.15, -0.1) is 17.2 Å². The predicted octanol–water partition coefficient (Wildman–Crippen LogP) is 8.62. The largest absolute Gasteiger partial charge is 0.457 e. The van der Waals surface area contributed by atoms with Crippen molar-refractivity contribution in [3.63, 3.8) is 0 Å². The third-order valence-corrected chi connectivity index (χ3v) is 20.6. The normalized spacial score (nSPS) is 29.0. The Kier molecular flexibility index (Phi) is 11.7. The zero-order valence-corrected chi connectivity index (χ0v) is 32.3. The van der Waals surface area contributed by atoms with Crippen molar-refractivity contribution in [1.82, 2.24) is 0 Å². The molecule has 1 N–H and O–H groups in total. The highest BCUT2D eigenvalue weighted by Crippen LogP contribution is 2.56. The highest BCUT2D eigenvalue weighted by atomic mass is 28.4. The number of aliphatic hydroxyl groups is 1. The molecule has 2 fully saturated rings. The maximum atomic E-state index is 14.1. The molecule has 0 spiro atoms. The summed E-state index contributed by atoms with van der Waals surface area (Å²) in [5.41, 5.74) is 3.35. The van der Waals surface area contributed by atoms with Crippen LogP contribution in [0, 0.1) is 23.3 Å². The van der Waals surface area contributed by atoms with Gasteiger partial charge in [-0.05, 0) is 75.5 Å². The van der Waals surface area contributed by atoms with E-state index in [1.165, 1.54) is 0 Å². The molecule has 0 amide bonds. The van der Waals surface area contributed by atoms with Crippen LogP contribution in [-0.4, -0.2) is 58.7 Å². The molecule has 240 valence electrons. The molecule has 0 aromatic heterocycles. The maximum absolute atomic E-state index is 14.1. The minimum atomic E-state index is -2.27. The Bertz CT molecular complexity index is 1060. The standard InChI is InChI=1S/C34H62O5Si3/c1-15-21-28(38-41(13,14)31(5,6)7)27-22-23-29-32(8,9)37-30(35)34(29,39-42(16-2,17-3)18-4)26-33(27,36)24-19-20-25-40(10,11)12/h21,27-29,36H,1,16-19,22-24,26H2,2-14H3.